The molecule has 0 bridgehead atoms. The van der Waals surface area contributed by atoms with E-state index < -0.39 is 0 Å². The Bertz CT molecular complexity index is 453. The number of anilines is 1. The molecule has 116 valence electrons. The van der Waals surface area contributed by atoms with Gasteiger partial charge in [-0.1, -0.05) is 6.07 Å². The highest BCUT2D eigenvalue weighted by Crippen LogP contribution is 2.33. The second-order valence-electron chi connectivity index (χ2n) is 6.46. The van der Waals surface area contributed by atoms with Gasteiger partial charge in [0.1, 0.15) is 5.82 Å². The van der Waals surface area contributed by atoms with Crippen molar-refractivity contribution in [1.82, 2.24) is 10.3 Å². The van der Waals surface area contributed by atoms with Crippen LogP contribution in [0, 0.1) is 12.8 Å². The maximum atomic E-state index is 5.37. The monoisotopic (exact) mass is 289 g/mol. The summed E-state index contributed by atoms with van der Waals surface area (Å²) in [4.78, 5) is 7.05. The van der Waals surface area contributed by atoms with E-state index in [4.69, 9.17) is 4.74 Å². The SMILES string of the molecule is COCC(NC1CCN(c2cccc(C)n2)CC1)C1CC1. The van der Waals surface area contributed by atoms with Gasteiger partial charge in [0.2, 0.25) is 0 Å². The minimum atomic E-state index is 0.559. The number of aryl methyl sites for hydroxylation is 1. The van der Waals surface area contributed by atoms with Crippen molar-refractivity contribution in [2.24, 2.45) is 5.92 Å². The molecule has 1 saturated carbocycles. The Labute approximate surface area is 127 Å². The first-order valence-corrected chi connectivity index (χ1v) is 8.20. The van der Waals surface area contributed by atoms with E-state index in [9.17, 15) is 0 Å². The van der Waals surface area contributed by atoms with Gasteiger partial charge in [0.15, 0.2) is 0 Å². The van der Waals surface area contributed by atoms with Gasteiger partial charge in [0.05, 0.1) is 6.61 Å². The van der Waals surface area contributed by atoms with E-state index in [2.05, 4.69) is 40.3 Å². The predicted molar refractivity (Wildman–Crippen MR) is 85.7 cm³/mol. The maximum absolute atomic E-state index is 5.37. The van der Waals surface area contributed by atoms with Crippen molar-refractivity contribution < 1.29 is 4.74 Å². The molecule has 2 aliphatic rings. The molecule has 4 nitrogen and oxygen atoms in total. The van der Waals surface area contributed by atoms with E-state index in [0.717, 1.165) is 37.1 Å². The van der Waals surface area contributed by atoms with Crippen molar-refractivity contribution in [2.45, 2.75) is 44.7 Å². The quantitative estimate of drug-likeness (QED) is 0.872. The zero-order valence-corrected chi connectivity index (χ0v) is 13.2. The topological polar surface area (TPSA) is 37.4 Å². The van der Waals surface area contributed by atoms with Crippen LogP contribution in [0.2, 0.25) is 0 Å². The zero-order valence-electron chi connectivity index (χ0n) is 13.2. The molecule has 0 spiro atoms. The van der Waals surface area contributed by atoms with Gasteiger partial charge < -0.3 is 15.0 Å². The third kappa shape index (κ3) is 3.95. The first kappa shape index (κ1) is 14.8. The Morgan fingerprint density at radius 1 is 1.29 bits per heavy atom. The second-order valence-corrected chi connectivity index (χ2v) is 6.46. The van der Waals surface area contributed by atoms with Crippen LogP contribution in [0.25, 0.3) is 0 Å². The molecule has 21 heavy (non-hydrogen) atoms. The summed E-state index contributed by atoms with van der Waals surface area (Å²) in [5.41, 5.74) is 1.10. The Kier molecular flexibility index (Phi) is 4.76. The lowest BCUT2D eigenvalue weighted by Gasteiger charge is -2.35. The van der Waals surface area contributed by atoms with Crippen LogP contribution in [0.15, 0.2) is 18.2 Å². The molecule has 2 fully saturated rings. The van der Waals surface area contributed by atoms with Crippen LogP contribution in [0.1, 0.15) is 31.4 Å². The Balaban J connectivity index is 1.50. The lowest BCUT2D eigenvalue weighted by atomic mass is 10.0. The van der Waals surface area contributed by atoms with Gasteiger partial charge >= 0.3 is 0 Å². The van der Waals surface area contributed by atoms with Crippen molar-refractivity contribution in [3.05, 3.63) is 23.9 Å². The highest BCUT2D eigenvalue weighted by Gasteiger charge is 2.33. The summed E-state index contributed by atoms with van der Waals surface area (Å²) in [6, 6.07) is 7.47. The smallest absolute Gasteiger partial charge is 0.128 e. The zero-order chi connectivity index (χ0) is 14.7. The summed E-state index contributed by atoms with van der Waals surface area (Å²) >= 11 is 0. The molecule has 1 aliphatic heterocycles. The molecule has 3 rings (SSSR count). The van der Waals surface area contributed by atoms with Crippen LogP contribution in [-0.2, 0) is 4.74 Å². The Morgan fingerprint density at radius 3 is 2.67 bits per heavy atom. The molecule has 0 aromatic carbocycles. The van der Waals surface area contributed by atoms with Gasteiger partial charge in [-0.05, 0) is 50.7 Å². The van der Waals surface area contributed by atoms with Crippen molar-refractivity contribution in [3.8, 4) is 0 Å². The average Bonchev–Trinajstić information content (AvgIpc) is 3.32. The van der Waals surface area contributed by atoms with Crippen LogP contribution in [0.5, 0.6) is 0 Å². The summed E-state index contributed by atoms with van der Waals surface area (Å²) in [5.74, 6) is 1.98. The van der Waals surface area contributed by atoms with E-state index >= 15 is 0 Å². The third-order valence-corrected chi connectivity index (χ3v) is 4.68. The number of rotatable bonds is 6. The fourth-order valence-corrected chi connectivity index (χ4v) is 3.28. The van der Waals surface area contributed by atoms with Crippen molar-refractivity contribution in [2.75, 3.05) is 31.7 Å². The molecule has 2 heterocycles. The predicted octanol–water partition coefficient (Wildman–Crippen LogP) is 2.37. The number of hydrogen-bond donors (Lipinski definition) is 1. The van der Waals surface area contributed by atoms with Crippen LogP contribution >= 0.6 is 0 Å². The number of aromatic nitrogens is 1. The van der Waals surface area contributed by atoms with Crippen LogP contribution in [-0.4, -0.2) is 43.9 Å². The number of methoxy groups -OCH3 is 1. The lowest BCUT2D eigenvalue weighted by Crippen LogP contribution is -2.48. The largest absolute Gasteiger partial charge is 0.383 e. The normalized spacial score (nSPS) is 21.5. The first-order chi connectivity index (χ1) is 10.3. The molecule has 1 aromatic rings. The minimum Gasteiger partial charge on any atom is -0.383 e. The third-order valence-electron chi connectivity index (χ3n) is 4.68. The highest BCUT2D eigenvalue weighted by atomic mass is 16.5. The molecule has 0 amide bonds. The van der Waals surface area contributed by atoms with Gasteiger partial charge in [-0.3, -0.25) is 0 Å². The van der Waals surface area contributed by atoms with Gasteiger partial charge in [0.25, 0.3) is 0 Å². The highest BCUT2D eigenvalue weighted by molar-refractivity contribution is 5.39. The Hall–Kier alpha value is -1.13. The summed E-state index contributed by atoms with van der Waals surface area (Å²) in [5, 5.41) is 3.83. The van der Waals surface area contributed by atoms with E-state index in [1.807, 2.05) is 7.11 Å². The number of hydrogen-bond acceptors (Lipinski definition) is 4. The standard InChI is InChI=1S/C17H27N3O/c1-13-4-3-5-17(18-13)20-10-8-15(9-11-20)19-16(12-21-2)14-6-7-14/h3-5,14-16,19H,6-12H2,1-2H3. The summed E-state index contributed by atoms with van der Waals surface area (Å²) in [6.07, 6.45) is 5.13. The Morgan fingerprint density at radius 2 is 2.05 bits per heavy atom. The van der Waals surface area contributed by atoms with E-state index in [1.54, 1.807) is 0 Å². The van der Waals surface area contributed by atoms with Crippen LogP contribution in [0.3, 0.4) is 0 Å². The van der Waals surface area contributed by atoms with Gasteiger partial charge in [-0.25, -0.2) is 4.98 Å². The van der Waals surface area contributed by atoms with Crippen LogP contribution < -0.4 is 10.2 Å². The van der Waals surface area contributed by atoms with Gasteiger partial charge in [-0.15, -0.1) is 0 Å². The molecule has 1 saturated heterocycles. The number of nitrogens with one attached hydrogen (secondary N) is 1. The van der Waals surface area contributed by atoms with E-state index in [-0.39, 0.29) is 0 Å². The summed E-state index contributed by atoms with van der Waals surface area (Å²) < 4.78 is 5.37. The number of ether oxygens (including phenoxy) is 1. The second kappa shape index (κ2) is 6.75. The summed E-state index contributed by atoms with van der Waals surface area (Å²) in [7, 11) is 1.81. The fourth-order valence-electron chi connectivity index (χ4n) is 3.28. The first-order valence-electron chi connectivity index (χ1n) is 8.20. The fraction of sp³-hybridized carbons (Fsp3) is 0.706. The number of piperidine rings is 1. The molecule has 0 radical (unpaired) electrons. The molecule has 1 aromatic heterocycles. The van der Waals surface area contributed by atoms with Crippen LogP contribution in [0.4, 0.5) is 5.82 Å². The molecule has 4 heteroatoms. The van der Waals surface area contributed by atoms with Crippen molar-refractivity contribution >= 4 is 5.82 Å². The molecular weight excluding hydrogens is 262 g/mol. The number of nitrogens with zero attached hydrogens (tertiary/aromatic N) is 2. The molecule has 1 aliphatic carbocycles. The van der Waals surface area contributed by atoms with Gasteiger partial charge in [0, 0.05) is 38.0 Å². The molecular formula is C17H27N3O. The molecule has 1 N–H and O–H groups in total. The summed E-state index contributed by atoms with van der Waals surface area (Å²) in [6.45, 7) is 5.10. The number of pyridine rings is 1. The maximum Gasteiger partial charge on any atom is 0.128 e. The average molecular weight is 289 g/mol. The van der Waals surface area contributed by atoms with Crippen molar-refractivity contribution in [1.29, 1.82) is 0 Å². The lowest BCUT2D eigenvalue weighted by molar-refractivity contribution is 0.148. The van der Waals surface area contributed by atoms with E-state index in [1.165, 1.54) is 25.7 Å². The van der Waals surface area contributed by atoms with E-state index in [0.29, 0.717) is 12.1 Å². The molecule has 1 atom stereocenters. The minimum absolute atomic E-state index is 0.559. The van der Waals surface area contributed by atoms with Gasteiger partial charge in [-0.2, -0.15) is 0 Å². The molecule has 1 unspecified atom stereocenters. The van der Waals surface area contributed by atoms with Crippen molar-refractivity contribution in [3.63, 3.8) is 0 Å².